The van der Waals surface area contributed by atoms with Gasteiger partial charge in [-0.3, -0.25) is 24.0 Å². The predicted molar refractivity (Wildman–Crippen MR) is 320 cm³/mol. The first-order valence-electron chi connectivity index (χ1n) is 27.1. The highest BCUT2D eigenvalue weighted by Gasteiger charge is 2.39. The Kier molecular flexibility index (Phi) is 37.1. The van der Waals surface area contributed by atoms with Gasteiger partial charge in [-0.15, -0.1) is 0 Å². The van der Waals surface area contributed by atoms with E-state index in [1.54, 1.807) is 32.2 Å². The van der Waals surface area contributed by atoms with Crippen LogP contribution in [0.25, 0.3) is 0 Å². The molecule has 80 heavy (non-hydrogen) atoms. The number of halogens is 1. The molecule has 11 N–H and O–H groups in total. The van der Waals surface area contributed by atoms with Gasteiger partial charge in [-0.1, -0.05) is 109 Å². The number of nitrogens with two attached hydrogens (primary N) is 2. The molecule has 0 heterocycles. The number of carbonyl (C=O) groups is 7. The van der Waals surface area contributed by atoms with Crippen LogP contribution in [0.4, 0.5) is 10.1 Å². The van der Waals surface area contributed by atoms with Crippen molar-refractivity contribution in [3.63, 3.8) is 0 Å². The predicted octanol–water partition coefficient (Wildman–Crippen LogP) is 7.52. The molecule has 6 unspecified atom stereocenters. The molecule has 4 aromatic rings. The second-order valence-electron chi connectivity index (χ2n) is 21.7. The molecular formula is C62H96FN9O8. The standard InChI is InChI=1S/C47H69N5O4.C9H10FNO.C3H8N2O.CH5N.2CH2O/c1-32(26-46(2,3)4)23-36-21-22-38(24-37(36)27-50-31-53)51-44(54)35-19-17-33(18-20-35)30-56-39(28-48-8)25-41(42(29-49-9)47(5,6)7)45(55)52-43-16-12-14-34-13-10-11-15-40(34)43;1-7(11-6-12)8-4-2-3-5-9(8)10;1-5-2-3(4)6;3*1-2/h10-11,13,15,17-22,24,31-32,39,41-43,48-49H,12,14,16,23,25-30H2,1-9H3,(H,50,53)(H,51,54)(H,52,55);2-7H,1H3,(H,11,12);5H,2H2,1H3,(H2,4,6);2H2,1H3;2*1H2. The Bertz CT molecular complexity index is 2390. The molecule has 444 valence electrons. The van der Waals surface area contributed by atoms with E-state index in [2.05, 4.69) is 122 Å². The van der Waals surface area contributed by atoms with Gasteiger partial charge in [0.2, 0.25) is 24.6 Å². The van der Waals surface area contributed by atoms with Crippen LogP contribution in [0.15, 0.2) is 91.0 Å². The van der Waals surface area contributed by atoms with Crippen LogP contribution in [-0.4, -0.2) is 98.0 Å². The van der Waals surface area contributed by atoms with Crippen LogP contribution in [0, 0.1) is 34.4 Å². The number of nitrogens with one attached hydrogen (secondary N) is 7. The maximum absolute atomic E-state index is 14.3. The molecule has 17 nitrogen and oxygen atoms in total. The molecule has 0 saturated carbocycles. The first kappa shape index (κ1) is 73.3. The molecule has 0 aliphatic heterocycles. The van der Waals surface area contributed by atoms with Crippen molar-refractivity contribution in [2.24, 2.45) is 40.1 Å². The third kappa shape index (κ3) is 27.9. The van der Waals surface area contributed by atoms with Crippen LogP contribution in [0.5, 0.6) is 0 Å². The summed E-state index contributed by atoms with van der Waals surface area (Å²) in [6.07, 6.45) is 6.68. The summed E-state index contributed by atoms with van der Waals surface area (Å²) in [5.74, 6) is -0.447. The lowest BCUT2D eigenvalue weighted by Gasteiger charge is -2.39. The highest BCUT2D eigenvalue weighted by molar-refractivity contribution is 6.04. The van der Waals surface area contributed by atoms with Crippen molar-refractivity contribution in [1.29, 1.82) is 0 Å². The van der Waals surface area contributed by atoms with Gasteiger partial charge in [0.05, 0.1) is 31.3 Å². The summed E-state index contributed by atoms with van der Waals surface area (Å²) in [6, 6.07) is 28.0. The van der Waals surface area contributed by atoms with Crippen LogP contribution >= 0.6 is 0 Å². The molecule has 0 saturated heterocycles. The number of hydrogen-bond donors (Lipinski definition) is 9. The lowest BCUT2D eigenvalue weighted by molar-refractivity contribution is -0.131. The second-order valence-corrected chi connectivity index (χ2v) is 21.7. The van der Waals surface area contributed by atoms with Crippen LogP contribution in [0.2, 0.25) is 0 Å². The third-order valence-corrected chi connectivity index (χ3v) is 13.1. The van der Waals surface area contributed by atoms with E-state index in [0.717, 1.165) is 49.8 Å². The van der Waals surface area contributed by atoms with Crippen molar-refractivity contribution < 1.29 is 42.7 Å². The molecule has 5 rings (SSSR count). The van der Waals surface area contributed by atoms with Crippen molar-refractivity contribution in [2.75, 3.05) is 53.1 Å². The molecule has 5 amide bonds. The van der Waals surface area contributed by atoms with Crippen LogP contribution in [0.1, 0.15) is 137 Å². The van der Waals surface area contributed by atoms with Crippen LogP contribution in [0.3, 0.4) is 0 Å². The molecule has 0 spiro atoms. The zero-order valence-electron chi connectivity index (χ0n) is 49.8. The van der Waals surface area contributed by atoms with Crippen molar-refractivity contribution in [3.8, 4) is 0 Å². The molecule has 0 bridgehead atoms. The molecule has 1 aliphatic carbocycles. The summed E-state index contributed by atoms with van der Waals surface area (Å²) in [5, 5.41) is 21.0. The molecule has 6 atom stereocenters. The number of fused-ring (bicyclic) bond motifs is 1. The number of aryl methyl sites for hydroxylation is 1. The monoisotopic (exact) mass is 1110 g/mol. The summed E-state index contributed by atoms with van der Waals surface area (Å²) in [7, 11) is 7.04. The largest absolute Gasteiger partial charge is 0.372 e. The average molecular weight is 1110 g/mol. The Labute approximate surface area is 476 Å². The normalized spacial score (nSPS) is 14.2. The summed E-state index contributed by atoms with van der Waals surface area (Å²) < 4.78 is 19.6. The molecule has 0 radical (unpaired) electrons. The first-order chi connectivity index (χ1) is 38.1. The van der Waals surface area contributed by atoms with Gasteiger partial charge < -0.3 is 63.0 Å². The average Bonchev–Trinajstić information content (AvgIpc) is 3.42. The van der Waals surface area contributed by atoms with E-state index < -0.39 is 0 Å². The Morgan fingerprint density at radius 3 is 1.98 bits per heavy atom. The van der Waals surface area contributed by atoms with Gasteiger partial charge in [-0.2, -0.15) is 0 Å². The topological polar surface area (TPSA) is 265 Å². The molecule has 4 aromatic carbocycles. The van der Waals surface area contributed by atoms with E-state index in [0.29, 0.717) is 61.7 Å². The lowest BCUT2D eigenvalue weighted by Crippen LogP contribution is -2.47. The fourth-order valence-electron chi connectivity index (χ4n) is 9.70. The molecular weight excluding hydrogens is 1020 g/mol. The zero-order valence-corrected chi connectivity index (χ0v) is 49.8. The van der Waals surface area contributed by atoms with Gasteiger partial charge in [0, 0.05) is 35.8 Å². The van der Waals surface area contributed by atoms with Gasteiger partial charge in [-0.25, -0.2) is 4.39 Å². The maximum Gasteiger partial charge on any atom is 0.255 e. The number of hydrogen-bond acceptors (Lipinski definition) is 12. The smallest absolute Gasteiger partial charge is 0.255 e. The third-order valence-electron chi connectivity index (χ3n) is 13.1. The first-order valence-corrected chi connectivity index (χ1v) is 27.1. The number of primary amides is 1. The summed E-state index contributed by atoms with van der Waals surface area (Å²) in [6.45, 7) is 23.7. The van der Waals surface area contributed by atoms with Gasteiger partial charge in [0.1, 0.15) is 19.4 Å². The summed E-state index contributed by atoms with van der Waals surface area (Å²) in [4.78, 5) is 74.6. The van der Waals surface area contributed by atoms with E-state index in [1.807, 2.05) is 64.1 Å². The lowest BCUT2D eigenvalue weighted by atomic mass is 9.70. The van der Waals surface area contributed by atoms with Crippen molar-refractivity contribution >= 4 is 49.8 Å². The second kappa shape index (κ2) is 40.5. The van der Waals surface area contributed by atoms with E-state index in [1.165, 1.54) is 29.8 Å². The Balaban J connectivity index is 0.00000217. The van der Waals surface area contributed by atoms with E-state index >= 15 is 0 Å². The van der Waals surface area contributed by atoms with E-state index in [4.69, 9.17) is 20.1 Å². The minimum absolute atomic E-state index is 0.0117. The van der Waals surface area contributed by atoms with Crippen molar-refractivity contribution in [3.05, 3.63) is 136 Å². The number of amides is 5. The van der Waals surface area contributed by atoms with Gasteiger partial charge in [-0.05, 0) is 161 Å². The SMILES string of the molecule is C=O.C=O.CC(NC=O)c1ccccc1F.CN.CNCC(CC(C(=O)NC1CCCc2ccccc21)C(CNC)C(C)(C)C)OCc1ccc(C(=O)Nc2ccc(CC(C)CC(C)(C)C)c(CNC=O)c2)cc1.CNCC(N)=O. The highest BCUT2D eigenvalue weighted by atomic mass is 19.1. The fraction of sp³-hybridized carbons (Fsp3) is 0.500. The maximum atomic E-state index is 14.3. The minimum Gasteiger partial charge on any atom is -0.372 e. The van der Waals surface area contributed by atoms with Crippen LogP contribution < -0.4 is 48.7 Å². The fourth-order valence-corrected chi connectivity index (χ4v) is 9.70. The minimum atomic E-state index is -0.322. The van der Waals surface area contributed by atoms with Crippen molar-refractivity contribution in [2.45, 2.75) is 125 Å². The highest BCUT2D eigenvalue weighted by Crippen LogP contribution is 2.37. The van der Waals surface area contributed by atoms with Gasteiger partial charge in [0.15, 0.2) is 0 Å². The summed E-state index contributed by atoms with van der Waals surface area (Å²) >= 11 is 0. The molecule has 0 aromatic heterocycles. The van der Waals surface area contributed by atoms with Gasteiger partial charge in [0.25, 0.3) is 5.91 Å². The summed E-state index contributed by atoms with van der Waals surface area (Å²) in [5.41, 5.74) is 16.7. The molecule has 18 heteroatoms. The Morgan fingerprint density at radius 2 is 1.43 bits per heavy atom. The number of carbonyl (C=O) groups excluding carboxylic acids is 7. The number of likely N-dealkylation sites (N-methyl/N-ethyl adjacent to an activating group) is 2. The van der Waals surface area contributed by atoms with Crippen LogP contribution in [-0.2, 0) is 59.5 Å². The van der Waals surface area contributed by atoms with E-state index in [9.17, 15) is 28.4 Å². The quantitative estimate of drug-likeness (QED) is 0.0292. The number of rotatable bonds is 25. The van der Waals surface area contributed by atoms with E-state index in [-0.39, 0.29) is 70.9 Å². The number of benzene rings is 4. The molecule has 0 fully saturated rings. The number of ether oxygens (including phenoxy) is 1. The Hall–Kier alpha value is -6.70. The van der Waals surface area contributed by atoms with Crippen molar-refractivity contribution in [1.82, 2.24) is 31.9 Å². The number of anilines is 1. The van der Waals surface area contributed by atoms with Gasteiger partial charge >= 0.3 is 0 Å². The molecule has 1 aliphatic rings. The Morgan fingerprint density at radius 1 is 0.800 bits per heavy atom. The zero-order chi connectivity index (χ0) is 60.8.